The highest BCUT2D eigenvalue weighted by Gasteiger charge is 2.36. The number of carbonyl (C=O) groups excluding carboxylic acids is 1. The van der Waals surface area contributed by atoms with Gasteiger partial charge < -0.3 is 15.0 Å². The van der Waals surface area contributed by atoms with Crippen molar-refractivity contribution in [3.8, 4) is 6.07 Å². The number of thioether (sulfide) groups is 1. The number of benzene rings is 2. The molecule has 2 unspecified atom stereocenters. The van der Waals surface area contributed by atoms with Crippen LogP contribution in [-0.2, 0) is 9.53 Å². The number of nitrogens with one attached hydrogen (secondary N) is 2. The zero-order valence-corrected chi connectivity index (χ0v) is 22.7. The van der Waals surface area contributed by atoms with Gasteiger partial charge in [0.2, 0.25) is 0 Å². The number of halogens is 3. The number of hydrogen-bond acceptors (Lipinski definition) is 7. The van der Waals surface area contributed by atoms with Crippen LogP contribution in [0.4, 0.5) is 18.9 Å². The van der Waals surface area contributed by atoms with Gasteiger partial charge >= 0.3 is 0 Å². The first-order valence-corrected chi connectivity index (χ1v) is 13.8. The number of amides is 1. The van der Waals surface area contributed by atoms with Crippen molar-refractivity contribution in [2.75, 3.05) is 38.3 Å². The monoisotopic (exact) mass is 552 g/mol. The summed E-state index contributed by atoms with van der Waals surface area (Å²) in [6, 6.07) is 7.88. The fraction of sp³-hybridized carbons (Fsp3) is 0.462. The van der Waals surface area contributed by atoms with Crippen LogP contribution in [-0.4, -0.2) is 55.4 Å². The number of rotatable bonds is 11. The number of nitriles is 1. The minimum absolute atomic E-state index is 0.0460. The molecule has 0 aliphatic carbocycles. The average molecular weight is 553 g/mol. The summed E-state index contributed by atoms with van der Waals surface area (Å²) in [7, 11) is 3.81. The van der Waals surface area contributed by atoms with Gasteiger partial charge in [-0.25, -0.2) is 13.2 Å². The molecule has 2 N–H and O–H groups in total. The first-order valence-electron chi connectivity index (χ1n) is 12.0. The van der Waals surface area contributed by atoms with Gasteiger partial charge in [-0.3, -0.25) is 9.52 Å². The Labute approximate surface area is 224 Å². The molecule has 0 radical (unpaired) electrons. The zero-order chi connectivity index (χ0) is 27.0. The number of ether oxygens (including phenoxy) is 1. The number of nitrogens with zero attached hydrogens (tertiary/aromatic N) is 2. The molecule has 1 amide bonds. The minimum Gasteiger partial charge on any atom is -0.378 e. The highest BCUT2D eigenvalue weighted by atomic mass is 32.2. The minimum atomic E-state index is -0.926. The van der Waals surface area contributed by atoms with E-state index in [-0.39, 0.29) is 28.1 Å². The standard InChI is InChI=1S/C26H31F3N4O2S2/c1-26(9-4-5-11-35-26)25(34)32-37-20-12-17(15-30)24(22(29)14-20)31-19(8-10-33(2)3)16-36-23-7-6-18(27)13-21(23)28/h6-7,12-14,19,31H,4-5,8-11,16H2,1-3H3,(H,32,34). The van der Waals surface area contributed by atoms with E-state index in [0.717, 1.165) is 30.9 Å². The van der Waals surface area contributed by atoms with E-state index in [1.807, 2.05) is 25.1 Å². The molecule has 3 rings (SSSR count). The third-order valence-corrected chi connectivity index (χ3v) is 7.97. The average Bonchev–Trinajstić information content (AvgIpc) is 2.86. The third kappa shape index (κ3) is 8.30. The van der Waals surface area contributed by atoms with Crippen molar-refractivity contribution in [2.24, 2.45) is 0 Å². The summed E-state index contributed by atoms with van der Waals surface area (Å²) in [5.41, 5.74) is -0.792. The summed E-state index contributed by atoms with van der Waals surface area (Å²) in [4.78, 5) is 15.3. The summed E-state index contributed by atoms with van der Waals surface area (Å²) >= 11 is 2.13. The lowest BCUT2D eigenvalue weighted by Gasteiger charge is -2.32. The van der Waals surface area contributed by atoms with Crippen LogP contribution >= 0.6 is 23.7 Å². The van der Waals surface area contributed by atoms with E-state index in [0.29, 0.717) is 36.6 Å². The Bertz CT molecular complexity index is 1140. The lowest BCUT2D eigenvalue weighted by atomic mass is 9.95. The van der Waals surface area contributed by atoms with Crippen LogP contribution in [0, 0.1) is 28.8 Å². The van der Waals surface area contributed by atoms with E-state index in [2.05, 4.69) is 10.0 Å². The summed E-state index contributed by atoms with van der Waals surface area (Å²) in [5, 5.41) is 12.8. The van der Waals surface area contributed by atoms with Crippen molar-refractivity contribution in [1.29, 1.82) is 5.26 Å². The van der Waals surface area contributed by atoms with Crippen LogP contribution in [0.2, 0.25) is 0 Å². The van der Waals surface area contributed by atoms with Crippen molar-refractivity contribution < 1.29 is 22.7 Å². The van der Waals surface area contributed by atoms with E-state index >= 15 is 4.39 Å². The molecule has 0 spiro atoms. The van der Waals surface area contributed by atoms with E-state index in [1.54, 1.807) is 6.92 Å². The summed E-state index contributed by atoms with van der Waals surface area (Å²) in [6.45, 7) is 2.93. The van der Waals surface area contributed by atoms with Crippen LogP contribution in [0.5, 0.6) is 0 Å². The molecule has 1 aliphatic rings. The van der Waals surface area contributed by atoms with E-state index in [1.165, 1.54) is 36.0 Å². The SMILES string of the molecule is CN(C)CCC(CSc1ccc(F)cc1F)Nc1c(F)cc(SNC(=O)C2(C)CCCCO2)cc1C#N. The van der Waals surface area contributed by atoms with Crippen LogP contribution in [0.25, 0.3) is 0 Å². The van der Waals surface area contributed by atoms with Gasteiger partial charge in [-0.15, -0.1) is 11.8 Å². The molecule has 200 valence electrons. The summed E-state index contributed by atoms with van der Waals surface area (Å²) in [6.07, 6.45) is 3.00. The molecule has 2 aromatic carbocycles. The molecule has 37 heavy (non-hydrogen) atoms. The van der Waals surface area contributed by atoms with Gasteiger partial charge in [-0.1, -0.05) is 0 Å². The summed E-state index contributed by atoms with van der Waals surface area (Å²) < 4.78 is 50.9. The van der Waals surface area contributed by atoms with Crippen molar-refractivity contribution in [2.45, 2.75) is 54.0 Å². The maximum absolute atomic E-state index is 15.2. The highest BCUT2D eigenvalue weighted by Crippen LogP contribution is 2.31. The molecule has 11 heteroatoms. The third-order valence-electron chi connectivity index (χ3n) is 6.00. The maximum atomic E-state index is 15.2. The van der Waals surface area contributed by atoms with Crippen LogP contribution in [0.3, 0.4) is 0 Å². The first-order chi connectivity index (χ1) is 17.6. The number of carbonyl (C=O) groups is 1. The topological polar surface area (TPSA) is 77.4 Å². The predicted octanol–water partition coefficient (Wildman–Crippen LogP) is 5.58. The molecule has 1 saturated heterocycles. The zero-order valence-electron chi connectivity index (χ0n) is 21.1. The Balaban J connectivity index is 1.72. The number of hydrogen-bond donors (Lipinski definition) is 2. The van der Waals surface area contributed by atoms with Gasteiger partial charge in [-0.2, -0.15) is 5.26 Å². The summed E-state index contributed by atoms with van der Waals surface area (Å²) in [5.74, 6) is -1.88. The Morgan fingerprint density at radius 2 is 2.00 bits per heavy atom. The lowest BCUT2D eigenvalue weighted by Crippen LogP contribution is -2.46. The molecule has 2 atom stereocenters. The van der Waals surface area contributed by atoms with Crippen molar-refractivity contribution in [1.82, 2.24) is 9.62 Å². The highest BCUT2D eigenvalue weighted by molar-refractivity contribution is 7.99. The van der Waals surface area contributed by atoms with Gasteiger partial charge in [0, 0.05) is 34.3 Å². The van der Waals surface area contributed by atoms with Crippen molar-refractivity contribution in [3.63, 3.8) is 0 Å². The molecule has 1 heterocycles. The number of anilines is 1. The van der Waals surface area contributed by atoms with Gasteiger partial charge in [0.25, 0.3) is 5.91 Å². The second kappa shape index (κ2) is 13.4. The Kier molecular flexibility index (Phi) is 10.6. The van der Waals surface area contributed by atoms with E-state index in [9.17, 15) is 18.8 Å². The maximum Gasteiger partial charge on any atom is 0.262 e. The fourth-order valence-electron chi connectivity index (χ4n) is 3.80. The molecule has 0 bridgehead atoms. The van der Waals surface area contributed by atoms with Gasteiger partial charge in [0.05, 0.1) is 11.3 Å². The second-order valence-electron chi connectivity index (χ2n) is 9.33. The Morgan fingerprint density at radius 1 is 1.22 bits per heavy atom. The quantitative estimate of drug-likeness (QED) is 0.278. The molecule has 0 aromatic heterocycles. The normalized spacial score (nSPS) is 18.3. The molecule has 2 aromatic rings. The Morgan fingerprint density at radius 3 is 2.65 bits per heavy atom. The van der Waals surface area contributed by atoms with Crippen LogP contribution < -0.4 is 10.0 Å². The lowest BCUT2D eigenvalue weighted by molar-refractivity contribution is -0.148. The second-order valence-corrected chi connectivity index (χ2v) is 11.3. The van der Waals surface area contributed by atoms with Crippen molar-refractivity contribution >= 4 is 35.3 Å². The van der Waals surface area contributed by atoms with Crippen LogP contribution in [0.1, 0.15) is 38.2 Å². The van der Waals surface area contributed by atoms with Crippen molar-refractivity contribution in [3.05, 3.63) is 53.3 Å². The van der Waals surface area contributed by atoms with E-state index in [4.69, 9.17) is 4.74 Å². The molecule has 1 fully saturated rings. The Hall–Kier alpha value is -2.39. The largest absolute Gasteiger partial charge is 0.378 e. The van der Waals surface area contributed by atoms with Gasteiger partial charge in [-0.05, 0) is 89.5 Å². The predicted molar refractivity (Wildman–Crippen MR) is 141 cm³/mol. The van der Waals surface area contributed by atoms with Crippen LogP contribution in [0.15, 0.2) is 40.1 Å². The fourth-order valence-corrected chi connectivity index (χ4v) is 5.56. The smallest absolute Gasteiger partial charge is 0.262 e. The molecular formula is C26H31F3N4O2S2. The molecule has 1 aliphatic heterocycles. The first kappa shape index (κ1) is 29.2. The molecule has 6 nitrogen and oxygen atoms in total. The van der Waals surface area contributed by atoms with Gasteiger partial charge in [0.15, 0.2) is 0 Å². The van der Waals surface area contributed by atoms with E-state index < -0.39 is 23.1 Å². The molecule has 0 saturated carbocycles. The molecular weight excluding hydrogens is 521 g/mol. The van der Waals surface area contributed by atoms with Gasteiger partial charge in [0.1, 0.15) is 29.1 Å².